The number of hydrogen-bond acceptors (Lipinski definition) is 2. The molecule has 1 aliphatic heterocycles. The van der Waals surface area contributed by atoms with Gasteiger partial charge < -0.3 is 0 Å². The zero-order chi connectivity index (χ0) is 5.11. The Morgan fingerprint density at radius 1 is 1.71 bits per heavy atom. The molecule has 1 N–H and O–H groups in total. The van der Waals surface area contributed by atoms with Crippen LogP contribution < -0.4 is 0 Å². The van der Waals surface area contributed by atoms with E-state index in [2.05, 4.69) is 0 Å². The summed E-state index contributed by atoms with van der Waals surface area (Å²) in [5.41, 5.74) is 0. The fraction of sp³-hybridized carbons (Fsp3) is 0.750. The highest BCUT2D eigenvalue weighted by Gasteiger charge is 2.05. The Labute approximate surface area is 42.3 Å². The molecule has 1 fully saturated rings. The van der Waals surface area contributed by atoms with Crippen LogP contribution in [0, 0.1) is 5.41 Å². The largest absolute Gasteiger partial charge is 0.289 e. The molecule has 0 amide bonds. The molecular weight excluding hydrogens is 92.1 g/mol. The third-order valence-electron chi connectivity index (χ3n) is 0.924. The van der Waals surface area contributed by atoms with E-state index in [-0.39, 0.29) is 0 Å². The molecule has 3 heteroatoms. The third-order valence-corrected chi connectivity index (χ3v) is 0.924. The van der Waals surface area contributed by atoms with Crippen molar-refractivity contribution in [3.8, 4) is 0 Å². The Morgan fingerprint density at radius 2 is 2.57 bits per heavy atom. The number of nitrogens with zero attached hydrogens (tertiary/aromatic N) is 1. The highest BCUT2D eigenvalue weighted by Crippen LogP contribution is 1.98. The summed E-state index contributed by atoms with van der Waals surface area (Å²) in [5.74, 6) is 0. The van der Waals surface area contributed by atoms with Gasteiger partial charge in [0.1, 0.15) is 6.34 Å². The average molecular weight is 100 g/mol. The SMILES string of the molecule is N=CN1CCCO1. The molecule has 0 atom stereocenters. The van der Waals surface area contributed by atoms with Crippen molar-refractivity contribution in [1.29, 1.82) is 5.41 Å². The lowest BCUT2D eigenvalue weighted by Crippen LogP contribution is -2.13. The van der Waals surface area contributed by atoms with E-state index in [1.54, 1.807) is 0 Å². The zero-order valence-corrected chi connectivity index (χ0v) is 4.05. The van der Waals surface area contributed by atoms with Gasteiger partial charge in [0, 0.05) is 6.54 Å². The van der Waals surface area contributed by atoms with Crippen molar-refractivity contribution in [2.75, 3.05) is 13.2 Å². The normalized spacial score (nSPS) is 20.3. The Kier molecular flexibility index (Phi) is 1.26. The Balaban J connectivity index is 2.26. The summed E-state index contributed by atoms with van der Waals surface area (Å²) < 4.78 is 0. The predicted molar refractivity (Wildman–Crippen MR) is 26.1 cm³/mol. The number of hydroxylamine groups is 2. The highest BCUT2D eigenvalue weighted by molar-refractivity contribution is 5.48. The van der Waals surface area contributed by atoms with Gasteiger partial charge in [-0.25, -0.2) is 5.06 Å². The molecule has 0 aromatic heterocycles. The summed E-state index contributed by atoms with van der Waals surface area (Å²) >= 11 is 0. The van der Waals surface area contributed by atoms with Crippen LogP contribution in [0.1, 0.15) is 6.42 Å². The lowest BCUT2D eigenvalue weighted by Gasteiger charge is -2.04. The van der Waals surface area contributed by atoms with Gasteiger partial charge in [-0.2, -0.15) is 0 Å². The number of nitrogens with one attached hydrogen (secondary N) is 1. The minimum atomic E-state index is 0.773. The van der Waals surface area contributed by atoms with Crippen molar-refractivity contribution < 1.29 is 4.84 Å². The third kappa shape index (κ3) is 0.899. The molecule has 1 aliphatic rings. The minimum absolute atomic E-state index is 0.773. The smallest absolute Gasteiger partial charge is 0.107 e. The fourth-order valence-corrected chi connectivity index (χ4v) is 0.569. The first-order valence-electron chi connectivity index (χ1n) is 2.33. The van der Waals surface area contributed by atoms with Gasteiger partial charge in [-0.1, -0.05) is 0 Å². The van der Waals surface area contributed by atoms with Crippen LogP contribution in [0.2, 0.25) is 0 Å². The first-order valence-corrected chi connectivity index (χ1v) is 2.33. The quantitative estimate of drug-likeness (QED) is 0.378. The Morgan fingerprint density at radius 3 is 2.86 bits per heavy atom. The summed E-state index contributed by atoms with van der Waals surface area (Å²) in [6.45, 7) is 1.65. The summed E-state index contributed by atoms with van der Waals surface area (Å²) in [7, 11) is 0. The molecule has 0 aromatic carbocycles. The fourth-order valence-electron chi connectivity index (χ4n) is 0.569. The summed E-state index contributed by atoms with van der Waals surface area (Å²) in [6, 6.07) is 0. The van der Waals surface area contributed by atoms with Gasteiger partial charge in [0.25, 0.3) is 0 Å². The van der Waals surface area contributed by atoms with Gasteiger partial charge in [0.15, 0.2) is 0 Å². The van der Waals surface area contributed by atoms with Crippen LogP contribution in [-0.2, 0) is 4.84 Å². The van der Waals surface area contributed by atoms with Gasteiger partial charge in [-0.3, -0.25) is 10.2 Å². The second kappa shape index (κ2) is 1.93. The van der Waals surface area contributed by atoms with Gasteiger partial charge in [-0.15, -0.1) is 0 Å². The maximum absolute atomic E-state index is 6.68. The first-order chi connectivity index (χ1) is 3.43. The lowest BCUT2D eigenvalue weighted by molar-refractivity contribution is -0.0393. The molecule has 0 aromatic rings. The van der Waals surface area contributed by atoms with E-state index in [1.165, 1.54) is 11.4 Å². The highest BCUT2D eigenvalue weighted by atomic mass is 16.7. The standard InChI is InChI=1S/C4H8N2O/c5-4-6-2-1-3-7-6/h4-5H,1-3H2. The van der Waals surface area contributed by atoms with Crippen LogP contribution >= 0.6 is 0 Å². The van der Waals surface area contributed by atoms with Crippen molar-refractivity contribution in [2.24, 2.45) is 0 Å². The molecule has 1 rings (SSSR count). The minimum Gasteiger partial charge on any atom is -0.289 e. The van der Waals surface area contributed by atoms with Crippen molar-refractivity contribution in [1.82, 2.24) is 5.06 Å². The molecule has 0 radical (unpaired) electrons. The van der Waals surface area contributed by atoms with Crippen molar-refractivity contribution >= 4 is 6.34 Å². The molecule has 0 bridgehead atoms. The van der Waals surface area contributed by atoms with Crippen molar-refractivity contribution in [2.45, 2.75) is 6.42 Å². The summed E-state index contributed by atoms with van der Waals surface area (Å²) in [5, 5.41) is 8.20. The van der Waals surface area contributed by atoms with E-state index in [9.17, 15) is 0 Å². The molecule has 0 aliphatic carbocycles. The maximum Gasteiger partial charge on any atom is 0.107 e. The molecule has 3 nitrogen and oxygen atoms in total. The first kappa shape index (κ1) is 4.59. The van der Waals surface area contributed by atoms with Gasteiger partial charge in [0.2, 0.25) is 0 Å². The molecule has 0 spiro atoms. The molecule has 1 heterocycles. The summed E-state index contributed by atoms with van der Waals surface area (Å²) in [4.78, 5) is 4.89. The second-order valence-corrected chi connectivity index (χ2v) is 1.46. The Bertz CT molecular complexity index is 68.1. The Hall–Kier alpha value is -0.570. The molecule has 1 saturated heterocycles. The van der Waals surface area contributed by atoms with E-state index in [4.69, 9.17) is 10.2 Å². The number of rotatable bonds is 1. The van der Waals surface area contributed by atoms with E-state index in [1.807, 2.05) is 0 Å². The van der Waals surface area contributed by atoms with Crippen LogP contribution in [-0.4, -0.2) is 24.6 Å². The predicted octanol–water partition coefficient (Wildman–Crippen LogP) is 0.231. The van der Waals surface area contributed by atoms with E-state index >= 15 is 0 Å². The van der Waals surface area contributed by atoms with E-state index in [0.29, 0.717) is 0 Å². The van der Waals surface area contributed by atoms with Crippen LogP contribution in [0.15, 0.2) is 0 Å². The monoisotopic (exact) mass is 100 g/mol. The molecule has 7 heavy (non-hydrogen) atoms. The van der Waals surface area contributed by atoms with E-state index in [0.717, 1.165) is 19.6 Å². The maximum atomic E-state index is 6.68. The van der Waals surface area contributed by atoms with Gasteiger partial charge in [0.05, 0.1) is 6.61 Å². The zero-order valence-electron chi connectivity index (χ0n) is 4.05. The van der Waals surface area contributed by atoms with E-state index < -0.39 is 0 Å². The van der Waals surface area contributed by atoms with Crippen molar-refractivity contribution in [3.05, 3.63) is 0 Å². The average Bonchev–Trinajstić information content (AvgIpc) is 2.14. The second-order valence-electron chi connectivity index (χ2n) is 1.46. The molecule has 40 valence electrons. The van der Waals surface area contributed by atoms with Crippen LogP contribution in [0.25, 0.3) is 0 Å². The number of hydrogen-bond donors (Lipinski definition) is 1. The lowest BCUT2D eigenvalue weighted by atomic mass is 10.5. The summed E-state index contributed by atoms with van der Waals surface area (Å²) in [6.07, 6.45) is 2.25. The van der Waals surface area contributed by atoms with Crippen molar-refractivity contribution in [3.63, 3.8) is 0 Å². The molecule has 0 saturated carbocycles. The van der Waals surface area contributed by atoms with Gasteiger partial charge >= 0.3 is 0 Å². The molecular formula is C4H8N2O. The van der Waals surface area contributed by atoms with Crippen LogP contribution in [0.5, 0.6) is 0 Å². The topological polar surface area (TPSA) is 36.3 Å². The van der Waals surface area contributed by atoms with Crippen LogP contribution in [0.3, 0.4) is 0 Å². The van der Waals surface area contributed by atoms with Crippen LogP contribution in [0.4, 0.5) is 0 Å². The van der Waals surface area contributed by atoms with Gasteiger partial charge in [-0.05, 0) is 6.42 Å². The molecule has 0 unspecified atom stereocenters.